The lowest BCUT2D eigenvalue weighted by Crippen LogP contribution is -2.32. The number of hydrogen-bond acceptors (Lipinski definition) is 4. The average molecular weight is 313 g/mol. The topological polar surface area (TPSA) is 55.4 Å². The lowest BCUT2D eigenvalue weighted by Gasteiger charge is -2.27. The lowest BCUT2D eigenvalue weighted by molar-refractivity contribution is 0.149. The standard InChI is InChI=1S/C16H27NO3S/c1-13(17-12-16(2,3)10-11-20-4)14-6-8-15(9-7-14)21(5,18)19/h6-9,13,17H,10-12H2,1-5H3. The lowest BCUT2D eigenvalue weighted by atomic mass is 9.89. The van der Waals surface area contributed by atoms with E-state index < -0.39 is 9.84 Å². The Bertz CT molecular complexity index is 535. The molecular formula is C16H27NO3S. The molecule has 0 fully saturated rings. The largest absolute Gasteiger partial charge is 0.385 e. The normalized spacial score (nSPS) is 14.1. The number of ether oxygens (including phenoxy) is 1. The molecule has 1 rings (SSSR count). The fourth-order valence-electron chi connectivity index (χ4n) is 2.02. The van der Waals surface area contributed by atoms with Gasteiger partial charge < -0.3 is 10.1 Å². The van der Waals surface area contributed by atoms with Crippen molar-refractivity contribution in [2.45, 2.75) is 38.1 Å². The minimum absolute atomic E-state index is 0.164. The molecule has 4 nitrogen and oxygen atoms in total. The maximum atomic E-state index is 11.4. The summed E-state index contributed by atoms with van der Waals surface area (Å²) in [5.41, 5.74) is 1.25. The molecule has 0 saturated heterocycles. The van der Waals surface area contributed by atoms with Crippen LogP contribution >= 0.6 is 0 Å². The van der Waals surface area contributed by atoms with Crippen LogP contribution in [0.25, 0.3) is 0 Å². The minimum Gasteiger partial charge on any atom is -0.385 e. The molecule has 120 valence electrons. The molecule has 1 aromatic carbocycles. The average Bonchev–Trinajstić information content (AvgIpc) is 2.42. The van der Waals surface area contributed by atoms with Gasteiger partial charge in [-0.1, -0.05) is 26.0 Å². The van der Waals surface area contributed by atoms with Crippen LogP contribution in [0.2, 0.25) is 0 Å². The highest BCUT2D eigenvalue weighted by molar-refractivity contribution is 7.90. The smallest absolute Gasteiger partial charge is 0.175 e. The zero-order chi connectivity index (χ0) is 16.1. The maximum Gasteiger partial charge on any atom is 0.175 e. The first kappa shape index (κ1) is 18.1. The maximum absolute atomic E-state index is 11.4. The highest BCUT2D eigenvalue weighted by Crippen LogP contribution is 2.22. The van der Waals surface area contributed by atoms with E-state index in [2.05, 4.69) is 26.1 Å². The van der Waals surface area contributed by atoms with E-state index in [1.54, 1.807) is 19.2 Å². The molecular weight excluding hydrogens is 286 g/mol. The molecule has 1 N–H and O–H groups in total. The molecule has 0 amide bonds. The van der Waals surface area contributed by atoms with Crippen LogP contribution < -0.4 is 5.32 Å². The van der Waals surface area contributed by atoms with Crippen LogP contribution in [-0.4, -0.2) is 34.9 Å². The van der Waals surface area contributed by atoms with Gasteiger partial charge in [0.15, 0.2) is 9.84 Å². The third-order valence-electron chi connectivity index (χ3n) is 3.68. The van der Waals surface area contributed by atoms with Crippen molar-refractivity contribution in [3.05, 3.63) is 29.8 Å². The van der Waals surface area contributed by atoms with E-state index in [9.17, 15) is 8.42 Å². The Morgan fingerprint density at radius 3 is 2.29 bits per heavy atom. The summed E-state index contributed by atoms with van der Waals surface area (Å²) in [4.78, 5) is 0.360. The van der Waals surface area contributed by atoms with Gasteiger partial charge >= 0.3 is 0 Å². The minimum atomic E-state index is -3.13. The summed E-state index contributed by atoms with van der Waals surface area (Å²) < 4.78 is 28.0. The molecule has 0 aliphatic carbocycles. The third kappa shape index (κ3) is 6.16. The van der Waals surface area contributed by atoms with Crippen LogP contribution in [0, 0.1) is 5.41 Å². The summed E-state index contributed by atoms with van der Waals surface area (Å²) in [5.74, 6) is 0. The van der Waals surface area contributed by atoms with E-state index in [-0.39, 0.29) is 11.5 Å². The van der Waals surface area contributed by atoms with Gasteiger partial charge in [-0.25, -0.2) is 8.42 Å². The molecule has 0 spiro atoms. The van der Waals surface area contributed by atoms with Crippen LogP contribution in [0.5, 0.6) is 0 Å². The van der Waals surface area contributed by atoms with Gasteiger partial charge in [0.1, 0.15) is 0 Å². The number of sulfone groups is 1. The third-order valence-corrected chi connectivity index (χ3v) is 4.81. The summed E-state index contributed by atoms with van der Waals surface area (Å²) in [6.45, 7) is 8.14. The Balaban J connectivity index is 2.62. The second-order valence-electron chi connectivity index (χ2n) is 6.35. The second-order valence-corrected chi connectivity index (χ2v) is 8.37. The molecule has 1 unspecified atom stereocenters. The zero-order valence-corrected chi connectivity index (χ0v) is 14.5. The van der Waals surface area contributed by atoms with Gasteiger partial charge in [0, 0.05) is 32.6 Å². The van der Waals surface area contributed by atoms with Crippen molar-refractivity contribution in [1.82, 2.24) is 5.32 Å². The van der Waals surface area contributed by atoms with E-state index in [0.29, 0.717) is 4.90 Å². The zero-order valence-electron chi connectivity index (χ0n) is 13.6. The number of rotatable bonds is 8. The van der Waals surface area contributed by atoms with Crippen LogP contribution in [0.1, 0.15) is 38.8 Å². The molecule has 21 heavy (non-hydrogen) atoms. The summed E-state index contributed by atoms with van der Waals surface area (Å²) in [5, 5.41) is 3.50. The molecule has 0 aliphatic heterocycles. The molecule has 0 aromatic heterocycles. The van der Waals surface area contributed by atoms with E-state index in [1.165, 1.54) is 6.26 Å². The Morgan fingerprint density at radius 1 is 1.24 bits per heavy atom. The second kappa shape index (κ2) is 7.38. The molecule has 1 atom stereocenters. The van der Waals surface area contributed by atoms with Gasteiger partial charge in [0.2, 0.25) is 0 Å². The van der Waals surface area contributed by atoms with Gasteiger partial charge in [-0.2, -0.15) is 0 Å². The van der Waals surface area contributed by atoms with Crippen molar-refractivity contribution in [2.75, 3.05) is 26.5 Å². The Labute approximate surface area is 128 Å². The quantitative estimate of drug-likeness (QED) is 0.802. The Morgan fingerprint density at radius 2 is 1.81 bits per heavy atom. The van der Waals surface area contributed by atoms with E-state index in [0.717, 1.165) is 25.1 Å². The fraction of sp³-hybridized carbons (Fsp3) is 0.625. The SMILES string of the molecule is COCCC(C)(C)CNC(C)c1ccc(S(C)(=O)=O)cc1. The number of nitrogens with one attached hydrogen (secondary N) is 1. The molecule has 1 aromatic rings. The van der Waals surface area contributed by atoms with Gasteiger partial charge in [-0.15, -0.1) is 0 Å². The van der Waals surface area contributed by atoms with Gasteiger partial charge in [-0.3, -0.25) is 0 Å². The van der Waals surface area contributed by atoms with Crippen LogP contribution in [-0.2, 0) is 14.6 Å². The molecule has 0 aliphatic rings. The van der Waals surface area contributed by atoms with Crippen molar-refractivity contribution < 1.29 is 13.2 Å². The Hall–Kier alpha value is -0.910. The molecule has 0 heterocycles. The summed E-state index contributed by atoms with van der Waals surface area (Å²) in [6.07, 6.45) is 2.22. The molecule has 0 saturated carbocycles. The summed E-state index contributed by atoms with van der Waals surface area (Å²) in [7, 11) is -1.41. The summed E-state index contributed by atoms with van der Waals surface area (Å²) >= 11 is 0. The van der Waals surface area contributed by atoms with Crippen molar-refractivity contribution in [2.24, 2.45) is 5.41 Å². The van der Waals surface area contributed by atoms with Gasteiger partial charge in [0.25, 0.3) is 0 Å². The van der Waals surface area contributed by atoms with Crippen LogP contribution in [0.3, 0.4) is 0 Å². The first-order chi connectivity index (χ1) is 9.65. The number of methoxy groups -OCH3 is 1. The van der Waals surface area contributed by atoms with Crippen molar-refractivity contribution in [3.8, 4) is 0 Å². The van der Waals surface area contributed by atoms with Crippen LogP contribution in [0.15, 0.2) is 29.2 Å². The first-order valence-electron chi connectivity index (χ1n) is 7.18. The summed E-state index contributed by atoms with van der Waals surface area (Å²) in [6, 6.07) is 7.25. The van der Waals surface area contributed by atoms with E-state index in [1.807, 2.05) is 12.1 Å². The Kier molecular flexibility index (Phi) is 6.38. The molecule has 0 bridgehead atoms. The molecule has 5 heteroatoms. The van der Waals surface area contributed by atoms with Crippen molar-refractivity contribution in [3.63, 3.8) is 0 Å². The highest BCUT2D eigenvalue weighted by Gasteiger charge is 2.18. The van der Waals surface area contributed by atoms with Gasteiger partial charge in [0.05, 0.1) is 4.90 Å². The van der Waals surface area contributed by atoms with E-state index >= 15 is 0 Å². The predicted octanol–water partition coefficient (Wildman–Crippen LogP) is 2.80. The fourth-order valence-corrected chi connectivity index (χ4v) is 2.65. The van der Waals surface area contributed by atoms with Crippen molar-refractivity contribution in [1.29, 1.82) is 0 Å². The number of benzene rings is 1. The van der Waals surface area contributed by atoms with E-state index in [4.69, 9.17) is 4.74 Å². The van der Waals surface area contributed by atoms with Gasteiger partial charge in [-0.05, 0) is 36.5 Å². The first-order valence-corrected chi connectivity index (χ1v) is 9.07. The predicted molar refractivity (Wildman–Crippen MR) is 86.2 cm³/mol. The highest BCUT2D eigenvalue weighted by atomic mass is 32.2. The monoisotopic (exact) mass is 313 g/mol. The van der Waals surface area contributed by atoms with Crippen LogP contribution in [0.4, 0.5) is 0 Å². The van der Waals surface area contributed by atoms with Crippen molar-refractivity contribution >= 4 is 9.84 Å². The number of hydrogen-bond donors (Lipinski definition) is 1. The molecule has 0 radical (unpaired) electrons.